The van der Waals surface area contributed by atoms with Gasteiger partial charge >= 0.3 is 5.97 Å². The maximum Gasteiger partial charge on any atom is 0.313 e. The van der Waals surface area contributed by atoms with E-state index in [0.717, 1.165) is 11.1 Å². The first kappa shape index (κ1) is 14.3. The lowest BCUT2D eigenvalue weighted by atomic mass is 9.83. The van der Waals surface area contributed by atoms with Crippen LogP contribution >= 0.6 is 0 Å². The van der Waals surface area contributed by atoms with Crippen LogP contribution in [0.3, 0.4) is 0 Å². The van der Waals surface area contributed by atoms with E-state index in [1.54, 1.807) is 13.8 Å². The maximum atomic E-state index is 11.3. The van der Waals surface area contributed by atoms with E-state index in [1.807, 2.05) is 24.3 Å². The van der Waals surface area contributed by atoms with Crippen molar-refractivity contribution in [2.45, 2.75) is 33.1 Å². The molecule has 0 aliphatic rings. The number of rotatable bonds is 3. The SMILES string of the molecule is Cc1cccc(C)c1-c1ccc(C(C)(C)C(=O)O)cc1. The van der Waals surface area contributed by atoms with Gasteiger partial charge in [0.15, 0.2) is 0 Å². The molecule has 0 aliphatic carbocycles. The lowest BCUT2D eigenvalue weighted by Crippen LogP contribution is -2.28. The van der Waals surface area contributed by atoms with E-state index in [4.69, 9.17) is 0 Å². The topological polar surface area (TPSA) is 37.3 Å². The van der Waals surface area contributed by atoms with Crippen molar-refractivity contribution in [3.05, 3.63) is 59.2 Å². The Morgan fingerprint density at radius 2 is 1.45 bits per heavy atom. The summed E-state index contributed by atoms with van der Waals surface area (Å²) in [4.78, 5) is 11.3. The van der Waals surface area contributed by atoms with Crippen molar-refractivity contribution in [3.63, 3.8) is 0 Å². The minimum absolute atomic E-state index is 0.808. The molecule has 1 N–H and O–H groups in total. The number of carboxylic acids is 1. The Morgan fingerprint density at radius 1 is 0.950 bits per heavy atom. The summed E-state index contributed by atoms with van der Waals surface area (Å²) in [6.45, 7) is 7.64. The molecule has 2 heteroatoms. The Kier molecular flexibility index (Phi) is 3.67. The summed E-state index contributed by atoms with van der Waals surface area (Å²) in [5.74, 6) is -0.808. The van der Waals surface area contributed by atoms with Crippen LogP contribution in [0, 0.1) is 13.8 Å². The summed E-state index contributed by atoms with van der Waals surface area (Å²) in [6.07, 6.45) is 0. The van der Waals surface area contributed by atoms with Crippen molar-refractivity contribution >= 4 is 5.97 Å². The number of hydrogen-bond acceptors (Lipinski definition) is 1. The van der Waals surface area contributed by atoms with E-state index in [9.17, 15) is 9.90 Å². The number of carbonyl (C=O) groups is 1. The normalized spacial score (nSPS) is 11.4. The highest BCUT2D eigenvalue weighted by Gasteiger charge is 2.29. The molecule has 0 spiro atoms. The van der Waals surface area contributed by atoms with Crippen LogP contribution in [0.25, 0.3) is 11.1 Å². The molecule has 0 bridgehead atoms. The van der Waals surface area contributed by atoms with Crippen molar-refractivity contribution in [1.82, 2.24) is 0 Å². The van der Waals surface area contributed by atoms with Crippen molar-refractivity contribution in [2.24, 2.45) is 0 Å². The third-order valence-electron chi connectivity index (χ3n) is 3.91. The zero-order valence-corrected chi connectivity index (χ0v) is 12.4. The highest BCUT2D eigenvalue weighted by atomic mass is 16.4. The van der Waals surface area contributed by atoms with Gasteiger partial charge in [-0.2, -0.15) is 0 Å². The fraction of sp³-hybridized carbons (Fsp3) is 0.278. The van der Waals surface area contributed by atoms with E-state index >= 15 is 0 Å². The lowest BCUT2D eigenvalue weighted by Gasteiger charge is -2.20. The van der Waals surface area contributed by atoms with Crippen LogP contribution in [0.15, 0.2) is 42.5 Å². The van der Waals surface area contributed by atoms with E-state index in [2.05, 4.69) is 32.0 Å². The monoisotopic (exact) mass is 268 g/mol. The molecule has 2 rings (SSSR count). The van der Waals surface area contributed by atoms with Gasteiger partial charge in [0.1, 0.15) is 0 Å². The zero-order chi connectivity index (χ0) is 14.9. The predicted octanol–water partition coefficient (Wildman–Crippen LogP) is 4.33. The molecule has 0 aliphatic heterocycles. The zero-order valence-electron chi connectivity index (χ0n) is 12.4. The van der Waals surface area contributed by atoms with E-state index in [0.29, 0.717) is 0 Å². The van der Waals surface area contributed by atoms with Gasteiger partial charge in [-0.15, -0.1) is 0 Å². The molecule has 0 amide bonds. The highest BCUT2D eigenvalue weighted by Crippen LogP contribution is 2.30. The molecule has 0 aromatic heterocycles. The molecule has 0 atom stereocenters. The molecule has 0 unspecified atom stereocenters. The fourth-order valence-electron chi connectivity index (χ4n) is 2.45. The summed E-state index contributed by atoms with van der Waals surface area (Å²) in [5, 5.41) is 9.27. The Balaban J connectivity index is 2.46. The highest BCUT2D eigenvalue weighted by molar-refractivity contribution is 5.81. The maximum absolute atomic E-state index is 11.3. The van der Waals surface area contributed by atoms with Crippen LogP contribution in [0.2, 0.25) is 0 Å². The predicted molar refractivity (Wildman–Crippen MR) is 82.0 cm³/mol. The quantitative estimate of drug-likeness (QED) is 0.899. The molecule has 0 saturated carbocycles. The second-order valence-corrected chi connectivity index (χ2v) is 5.77. The molecule has 104 valence electrons. The van der Waals surface area contributed by atoms with Crippen LogP contribution in [0.1, 0.15) is 30.5 Å². The molecule has 0 heterocycles. The summed E-state index contributed by atoms with van der Waals surface area (Å²) < 4.78 is 0. The molecule has 2 aromatic carbocycles. The third-order valence-corrected chi connectivity index (χ3v) is 3.91. The van der Waals surface area contributed by atoms with Gasteiger partial charge in [0, 0.05) is 0 Å². The van der Waals surface area contributed by atoms with Gasteiger partial charge < -0.3 is 5.11 Å². The molecular weight excluding hydrogens is 248 g/mol. The van der Waals surface area contributed by atoms with Crippen LogP contribution in [0.4, 0.5) is 0 Å². The summed E-state index contributed by atoms with van der Waals surface area (Å²) >= 11 is 0. The molecule has 2 nitrogen and oxygen atoms in total. The molecule has 0 saturated heterocycles. The van der Waals surface area contributed by atoms with Gasteiger partial charge in [0.2, 0.25) is 0 Å². The Bertz CT molecular complexity index is 617. The van der Waals surface area contributed by atoms with Gasteiger partial charge in [-0.1, -0.05) is 42.5 Å². The lowest BCUT2D eigenvalue weighted by molar-refractivity contribution is -0.142. The number of benzene rings is 2. The molecular formula is C18H20O2. The van der Waals surface area contributed by atoms with Gasteiger partial charge in [-0.3, -0.25) is 4.79 Å². The minimum Gasteiger partial charge on any atom is -0.481 e. The van der Waals surface area contributed by atoms with Crippen molar-refractivity contribution in [2.75, 3.05) is 0 Å². The Hall–Kier alpha value is -2.09. The number of aliphatic carboxylic acids is 1. The van der Waals surface area contributed by atoms with Crippen molar-refractivity contribution < 1.29 is 9.90 Å². The van der Waals surface area contributed by atoms with Crippen molar-refractivity contribution in [3.8, 4) is 11.1 Å². The van der Waals surface area contributed by atoms with Crippen LogP contribution in [0.5, 0.6) is 0 Å². The van der Waals surface area contributed by atoms with E-state index < -0.39 is 11.4 Å². The van der Waals surface area contributed by atoms with Gasteiger partial charge in [0.25, 0.3) is 0 Å². The van der Waals surface area contributed by atoms with Crippen LogP contribution < -0.4 is 0 Å². The summed E-state index contributed by atoms with van der Waals surface area (Å²) in [5.41, 5.74) is 4.78. The fourth-order valence-corrected chi connectivity index (χ4v) is 2.45. The smallest absolute Gasteiger partial charge is 0.313 e. The average molecular weight is 268 g/mol. The first-order valence-corrected chi connectivity index (χ1v) is 6.74. The molecule has 20 heavy (non-hydrogen) atoms. The Morgan fingerprint density at radius 3 is 1.90 bits per heavy atom. The second kappa shape index (κ2) is 5.12. The molecule has 0 fully saturated rings. The van der Waals surface area contributed by atoms with Gasteiger partial charge in [0.05, 0.1) is 5.41 Å². The van der Waals surface area contributed by atoms with Crippen LogP contribution in [-0.2, 0) is 10.2 Å². The van der Waals surface area contributed by atoms with E-state index in [1.165, 1.54) is 16.7 Å². The standard InChI is InChI=1S/C18H20O2/c1-12-6-5-7-13(2)16(12)14-8-10-15(11-9-14)18(3,4)17(19)20/h5-11H,1-4H3,(H,19,20). The molecule has 2 aromatic rings. The largest absolute Gasteiger partial charge is 0.481 e. The van der Waals surface area contributed by atoms with Gasteiger partial charge in [-0.05, 0) is 55.5 Å². The van der Waals surface area contributed by atoms with E-state index in [-0.39, 0.29) is 0 Å². The van der Waals surface area contributed by atoms with Gasteiger partial charge in [-0.25, -0.2) is 0 Å². The second-order valence-electron chi connectivity index (χ2n) is 5.77. The number of carboxylic acid groups (broad SMARTS) is 1. The molecule has 0 radical (unpaired) electrons. The first-order valence-electron chi connectivity index (χ1n) is 6.74. The first-order chi connectivity index (χ1) is 9.34. The van der Waals surface area contributed by atoms with Crippen LogP contribution in [-0.4, -0.2) is 11.1 Å². The van der Waals surface area contributed by atoms with Crippen molar-refractivity contribution in [1.29, 1.82) is 0 Å². The average Bonchev–Trinajstić information content (AvgIpc) is 2.39. The Labute approximate surface area is 120 Å². The summed E-state index contributed by atoms with van der Waals surface area (Å²) in [7, 11) is 0. The number of hydrogen-bond donors (Lipinski definition) is 1. The third kappa shape index (κ3) is 2.46. The minimum atomic E-state index is -0.862. The summed E-state index contributed by atoms with van der Waals surface area (Å²) in [6, 6.07) is 14.1. The number of aryl methyl sites for hydroxylation is 2.